The Morgan fingerprint density at radius 2 is 2.00 bits per heavy atom. The second-order valence-corrected chi connectivity index (χ2v) is 7.59. The molecule has 2 N–H and O–H groups in total. The summed E-state index contributed by atoms with van der Waals surface area (Å²) >= 11 is 0. The average Bonchev–Trinajstić information content (AvgIpc) is 2.96. The molecule has 1 aliphatic rings. The molecule has 7 nitrogen and oxygen atoms in total. The minimum atomic E-state index is -1.34. The van der Waals surface area contributed by atoms with Crippen LogP contribution < -0.4 is 5.32 Å². The van der Waals surface area contributed by atoms with Crippen LogP contribution in [0.25, 0.3) is 0 Å². The van der Waals surface area contributed by atoms with Gasteiger partial charge in [0.2, 0.25) is 0 Å². The van der Waals surface area contributed by atoms with E-state index in [1.807, 2.05) is 32.4 Å². The van der Waals surface area contributed by atoms with Gasteiger partial charge in [-0.15, -0.1) is 0 Å². The molecule has 1 amide bonds. The van der Waals surface area contributed by atoms with E-state index in [9.17, 15) is 14.7 Å². The molecule has 146 valence electrons. The molecule has 0 spiro atoms. The van der Waals surface area contributed by atoms with Gasteiger partial charge in [-0.1, -0.05) is 27.7 Å². The van der Waals surface area contributed by atoms with Gasteiger partial charge in [-0.2, -0.15) is 5.10 Å². The minimum absolute atomic E-state index is 0.197. The molecule has 1 saturated carbocycles. The van der Waals surface area contributed by atoms with Gasteiger partial charge < -0.3 is 15.2 Å². The first-order chi connectivity index (χ1) is 12.2. The van der Waals surface area contributed by atoms with Crippen LogP contribution in [0, 0.1) is 12.3 Å². The van der Waals surface area contributed by atoms with E-state index < -0.39 is 22.8 Å². The zero-order valence-electron chi connectivity index (χ0n) is 16.6. The lowest BCUT2D eigenvalue weighted by Gasteiger charge is -2.58. The van der Waals surface area contributed by atoms with Gasteiger partial charge in [0.25, 0.3) is 5.91 Å². The monoisotopic (exact) mass is 365 g/mol. The highest BCUT2D eigenvalue weighted by atomic mass is 16.5. The first-order valence-corrected chi connectivity index (χ1v) is 9.37. The number of carboxylic acids is 1. The largest absolute Gasteiger partial charge is 0.479 e. The molecule has 0 aromatic carbocycles. The third-order valence-corrected chi connectivity index (χ3v) is 6.03. The summed E-state index contributed by atoms with van der Waals surface area (Å²) < 4.78 is 7.50. The summed E-state index contributed by atoms with van der Waals surface area (Å²) in [6, 6.07) is 0.229. The Bertz CT molecular complexity index is 678. The maximum atomic E-state index is 12.9. The number of carbonyl (C=O) groups excluding carboxylic acids is 1. The van der Waals surface area contributed by atoms with E-state index in [2.05, 4.69) is 24.3 Å². The summed E-state index contributed by atoms with van der Waals surface area (Å²) in [6.07, 6.45) is 3.43. The fourth-order valence-corrected chi connectivity index (χ4v) is 3.95. The van der Waals surface area contributed by atoms with Gasteiger partial charge in [0.15, 0.2) is 0 Å². The molecule has 0 aliphatic heterocycles. The number of ether oxygens (including phenoxy) is 1. The lowest BCUT2D eigenvalue weighted by atomic mass is 9.54. The van der Waals surface area contributed by atoms with E-state index in [4.69, 9.17) is 4.74 Å². The molecular weight excluding hydrogens is 334 g/mol. The highest BCUT2D eigenvalue weighted by Gasteiger charge is 2.66. The summed E-state index contributed by atoms with van der Waals surface area (Å²) in [7, 11) is 0. The number of hydrogen-bond donors (Lipinski definition) is 2. The molecule has 0 saturated heterocycles. The Labute approximate surface area is 155 Å². The lowest BCUT2D eigenvalue weighted by molar-refractivity contribution is -0.190. The SMILES string of the molecule is CCOC1CC(NC(=O)c2cnn(C(CC)CC)c2C)(C(=O)O)C1(C)C. The molecule has 0 bridgehead atoms. The van der Waals surface area contributed by atoms with Crippen LogP contribution in [-0.4, -0.2) is 45.0 Å². The summed E-state index contributed by atoms with van der Waals surface area (Å²) in [5, 5.41) is 17.0. The molecule has 1 aromatic heterocycles. The van der Waals surface area contributed by atoms with Crippen molar-refractivity contribution in [3.05, 3.63) is 17.5 Å². The molecule has 1 aliphatic carbocycles. The van der Waals surface area contributed by atoms with Crippen LogP contribution in [-0.2, 0) is 9.53 Å². The van der Waals surface area contributed by atoms with E-state index in [0.29, 0.717) is 12.2 Å². The number of carbonyl (C=O) groups is 2. The number of aromatic nitrogens is 2. The van der Waals surface area contributed by atoms with E-state index in [1.165, 1.54) is 6.20 Å². The second kappa shape index (κ2) is 7.39. The maximum absolute atomic E-state index is 12.9. The summed E-state index contributed by atoms with van der Waals surface area (Å²) in [5.41, 5.74) is -0.861. The van der Waals surface area contributed by atoms with Gasteiger partial charge in [0, 0.05) is 24.1 Å². The third kappa shape index (κ3) is 3.02. The number of hydrogen-bond acceptors (Lipinski definition) is 4. The van der Waals surface area contributed by atoms with Gasteiger partial charge >= 0.3 is 5.97 Å². The van der Waals surface area contributed by atoms with Crippen LogP contribution in [0.1, 0.15) is 76.0 Å². The van der Waals surface area contributed by atoms with Crippen molar-refractivity contribution in [2.75, 3.05) is 6.61 Å². The van der Waals surface area contributed by atoms with Crippen molar-refractivity contribution in [1.29, 1.82) is 0 Å². The van der Waals surface area contributed by atoms with Gasteiger partial charge in [0.1, 0.15) is 5.54 Å². The molecule has 1 fully saturated rings. The summed E-state index contributed by atoms with van der Waals surface area (Å²) in [5.74, 6) is -1.43. The number of amides is 1. The van der Waals surface area contributed by atoms with E-state index in [0.717, 1.165) is 18.5 Å². The zero-order valence-corrected chi connectivity index (χ0v) is 16.6. The van der Waals surface area contributed by atoms with Gasteiger partial charge in [-0.05, 0) is 26.7 Å². The average molecular weight is 365 g/mol. The number of nitrogens with zero attached hydrogens (tertiary/aromatic N) is 2. The smallest absolute Gasteiger partial charge is 0.330 e. The van der Waals surface area contributed by atoms with E-state index in [-0.39, 0.29) is 18.6 Å². The second-order valence-electron chi connectivity index (χ2n) is 7.59. The van der Waals surface area contributed by atoms with Crippen molar-refractivity contribution in [2.45, 2.75) is 78.5 Å². The molecule has 1 heterocycles. The van der Waals surface area contributed by atoms with Crippen molar-refractivity contribution >= 4 is 11.9 Å². The van der Waals surface area contributed by atoms with Crippen LogP contribution in [0.3, 0.4) is 0 Å². The molecule has 2 rings (SSSR count). The van der Waals surface area contributed by atoms with Crippen molar-refractivity contribution in [1.82, 2.24) is 15.1 Å². The molecule has 0 radical (unpaired) electrons. The Kier molecular flexibility index (Phi) is 5.80. The quantitative estimate of drug-likeness (QED) is 0.739. The first kappa shape index (κ1) is 20.4. The van der Waals surface area contributed by atoms with Crippen LogP contribution in [0.5, 0.6) is 0 Å². The molecular formula is C19H31N3O4. The van der Waals surface area contributed by atoms with Gasteiger partial charge in [-0.3, -0.25) is 9.48 Å². The van der Waals surface area contributed by atoms with Crippen molar-refractivity contribution in [3.8, 4) is 0 Å². The van der Waals surface area contributed by atoms with Crippen LogP contribution in [0.15, 0.2) is 6.20 Å². The van der Waals surface area contributed by atoms with E-state index >= 15 is 0 Å². The number of rotatable bonds is 8. The fourth-order valence-electron chi connectivity index (χ4n) is 3.95. The highest BCUT2D eigenvalue weighted by molar-refractivity contribution is 5.99. The van der Waals surface area contributed by atoms with Gasteiger partial charge in [-0.25, -0.2) is 4.79 Å². The van der Waals surface area contributed by atoms with Gasteiger partial charge in [0.05, 0.1) is 23.9 Å². The molecule has 26 heavy (non-hydrogen) atoms. The lowest BCUT2D eigenvalue weighted by Crippen LogP contribution is -2.76. The van der Waals surface area contributed by atoms with Crippen molar-refractivity contribution in [3.63, 3.8) is 0 Å². The molecule has 1 aromatic rings. The number of nitrogens with one attached hydrogen (secondary N) is 1. The van der Waals surface area contributed by atoms with E-state index in [1.54, 1.807) is 0 Å². The van der Waals surface area contributed by atoms with Crippen LogP contribution >= 0.6 is 0 Å². The first-order valence-electron chi connectivity index (χ1n) is 9.37. The normalized spacial score (nSPS) is 24.3. The Morgan fingerprint density at radius 3 is 2.46 bits per heavy atom. The minimum Gasteiger partial charge on any atom is -0.479 e. The fraction of sp³-hybridized carbons (Fsp3) is 0.737. The highest BCUT2D eigenvalue weighted by Crippen LogP contribution is 2.51. The standard InChI is InChI=1S/C19H31N3O4/c1-7-13(8-2)22-12(4)14(11-20-22)16(23)21-19(17(24)25)10-15(26-9-3)18(19,5)6/h11,13,15H,7-10H2,1-6H3,(H,21,23)(H,24,25). The Morgan fingerprint density at radius 1 is 1.38 bits per heavy atom. The Hall–Kier alpha value is -1.89. The molecule has 2 atom stereocenters. The maximum Gasteiger partial charge on any atom is 0.330 e. The summed E-state index contributed by atoms with van der Waals surface area (Å²) in [4.78, 5) is 24.9. The molecule has 2 unspecified atom stereocenters. The topological polar surface area (TPSA) is 93.5 Å². The zero-order chi connectivity index (χ0) is 19.7. The van der Waals surface area contributed by atoms with Crippen molar-refractivity contribution < 1.29 is 19.4 Å². The number of carboxylic acid groups (broad SMARTS) is 1. The van der Waals surface area contributed by atoms with Crippen LogP contribution in [0.2, 0.25) is 0 Å². The Balaban J connectivity index is 2.27. The van der Waals surface area contributed by atoms with Crippen LogP contribution in [0.4, 0.5) is 0 Å². The predicted molar refractivity (Wildman–Crippen MR) is 98.2 cm³/mol. The summed E-state index contributed by atoms with van der Waals surface area (Å²) in [6.45, 7) is 12.1. The predicted octanol–water partition coefficient (Wildman–Crippen LogP) is 2.94. The number of aliphatic carboxylic acids is 1. The van der Waals surface area contributed by atoms with Crippen molar-refractivity contribution in [2.24, 2.45) is 5.41 Å². The third-order valence-electron chi connectivity index (χ3n) is 6.03. The molecule has 7 heteroatoms.